The number of para-hydroxylation sites is 1. The SMILES string of the molecule is CC(=O)c1cccc(OCC(=O)N(C)Cc2cn(-c3ccccc3)nc2-c2cccs2)c1. The lowest BCUT2D eigenvalue weighted by molar-refractivity contribution is -0.132. The van der Waals surface area contributed by atoms with E-state index in [0.717, 1.165) is 21.8 Å². The van der Waals surface area contributed by atoms with E-state index in [0.29, 0.717) is 17.9 Å². The number of carbonyl (C=O) groups is 2. The monoisotopic (exact) mass is 445 g/mol. The highest BCUT2D eigenvalue weighted by Crippen LogP contribution is 2.28. The number of Topliss-reactive ketones (excluding diaryl/α,β-unsaturated/α-hetero) is 1. The summed E-state index contributed by atoms with van der Waals surface area (Å²) in [5.74, 6) is 0.286. The molecule has 4 rings (SSSR count). The predicted octanol–water partition coefficient (Wildman–Crippen LogP) is 4.84. The molecule has 6 nitrogen and oxygen atoms in total. The van der Waals surface area contributed by atoms with Crippen LogP contribution in [-0.4, -0.2) is 40.0 Å². The number of likely N-dealkylation sites (N-methyl/N-ethyl adjacent to an activating group) is 1. The van der Waals surface area contributed by atoms with Crippen molar-refractivity contribution in [3.05, 3.63) is 89.4 Å². The third-order valence-corrected chi connectivity index (χ3v) is 5.88. The Morgan fingerprint density at radius 2 is 1.88 bits per heavy atom. The van der Waals surface area contributed by atoms with Gasteiger partial charge in [-0.1, -0.05) is 36.4 Å². The predicted molar refractivity (Wildman–Crippen MR) is 125 cm³/mol. The topological polar surface area (TPSA) is 64.4 Å². The summed E-state index contributed by atoms with van der Waals surface area (Å²) in [5, 5.41) is 6.79. The molecule has 7 heteroatoms. The van der Waals surface area contributed by atoms with Crippen LogP contribution >= 0.6 is 11.3 Å². The fourth-order valence-corrected chi connectivity index (χ4v) is 4.01. The summed E-state index contributed by atoms with van der Waals surface area (Å²) in [6, 6.07) is 20.7. The summed E-state index contributed by atoms with van der Waals surface area (Å²) >= 11 is 1.61. The zero-order chi connectivity index (χ0) is 22.5. The molecule has 2 aromatic carbocycles. The van der Waals surface area contributed by atoms with Crippen LogP contribution in [-0.2, 0) is 11.3 Å². The molecule has 1 amide bonds. The number of rotatable bonds is 8. The minimum absolute atomic E-state index is 0.0459. The molecule has 4 aromatic rings. The van der Waals surface area contributed by atoms with Gasteiger partial charge in [-0.25, -0.2) is 4.68 Å². The molecular formula is C25H23N3O3S. The summed E-state index contributed by atoms with van der Waals surface area (Å²) in [6.07, 6.45) is 1.96. The van der Waals surface area contributed by atoms with Crippen LogP contribution in [0.5, 0.6) is 5.75 Å². The number of hydrogen-bond donors (Lipinski definition) is 0. The summed E-state index contributed by atoms with van der Waals surface area (Å²) < 4.78 is 7.47. The van der Waals surface area contributed by atoms with Gasteiger partial charge in [-0.15, -0.1) is 11.3 Å². The first-order valence-electron chi connectivity index (χ1n) is 10.2. The standard InChI is InChI=1S/C25H23N3O3S/c1-18(29)19-8-6-11-22(14-19)31-17-24(30)27(2)15-20-16-28(21-9-4-3-5-10-21)26-25(20)23-12-7-13-32-23/h3-14,16H,15,17H2,1-2H3. The average molecular weight is 446 g/mol. The number of ether oxygens (including phenoxy) is 1. The largest absolute Gasteiger partial charge is 0.484 e. The molecule has 0 bridgehead atoms. The van der Waals surface area contributed by atoms with Crippen LogP contribution in [0.3, 0.4) is 0 Å². The Bertz CT molecular complexity index is 1220. The van der Waals surface area contributed by atoms with Gasteiger partial charge < -0.3 is 9.64 Å². The lowest BCUT2D eigenvalue weighted by atomic mass is 10.1. The second-order valence-corrected chi connectivity index (χ2v) is 8.33. The van der Waals surface area contributed by atoms with Gasteiger partial charge in [0, 0.05) is 30.9 Å². The van der Waals surface area contributed by atoms with Gasteiger partial charge in [-0.3, -0.25) is 9.59 Å². The summed E-state index contributed by atoms with van der Waals surface area (Å²) in [5.41, 5.74) is 3.32. The molecular weight excluding hydrogens is 422 g/mol. The molecule has 0 saturated heterocycles. The molecule has 0 atom stereocenters. The minimum atomic E-state index is -0.164. The van der Waals surface area contributed by atoms with Crippen molar-refractivity contribution in [3.63, 3.8) is 0 Å². The lowest BCUT2D eigenvalue weighted by Gasteiger charge is -2.17. The van der Waals surface area contributed by atoms with Gasteiger partial charge in [-0.05, 0) is 42.6 Å². The first kappa shape index (κ1) is 21.5. The van der Waals surface area contributed by atoms with E-state index in [1.807, 2.05) is 58.7 Å². The number of ketones is 1. The third kappa shape index (κ3) is 4.95. The third-order valence-electron chi connectivity index (χ3n) is 5.00. The molecule has 0 saturated carbocycles. The fourth-order valence-electron chi connectivity index (χ4n) is 3.26. The van der Waals surface area contributed by atoms with Crippen molar-refractivity contribution >= 4 is 23.0 Å². The molecule has 0 aliphatic heterocycles. The van der Waals surface area contributed by atoms with Crippen molar-refractivity contribution in [1.82, 2.24) is 14.7 Å². The molecule has 0 aliphatic rings. The first-order valence-corrected chi connectivity index (χ1v) is 11.0. The highest BCUT2D eigenvalue weighted by Gasteiger charge is 2.18. The van der Waals surface area contributed by atoms with E-state index in [4.69, 9.17) is 9.84 Å². The van der Waals surface area contributed by atoms with Gasteiger partial charge in [0.1, 0.15) is 11.4 Å². The van der Waals surface area contributed by atoms with Crippen LogP contribution in [0.2, 0.25) is 0 Å². The van der Waals surface area contributed by atoms with Crippen LogP contribution in [0.1, 0.15) is 22.8 Å². The molecule has 0 aliphatic carbocycles. The highest BCUT2D eigenvalue weighted by atomic mass is 32.1. The molecule has 2 aromatic heterocycles. The van der Waals surface area contributed by atoms with Gasteiger partial charge in [-0.2, -0.15) is 5.10 Å². The van der Waals surface area contributed by atoms with Crippen LogP contribution < -0.4 is 4.74 Å². The Kier molecular flexibility index (Phi) is 6.47. The smallest absolute Gasteiger partial charge is 0.260 e. The number of carbonyl (C=O) groups excluding carboxylic acids is 2. The quantitative estimate of drug-likeness (QED) is 0.364. The van der Waals surface area contributed by atoms with Crippen LogP contribution in [0.25, 0.3) is 16.3 Å². The molecule has 0 N–H and O–H groups in total. The Morgan fingerprint density at radius 3 is 2.59 bits per heavy atom. The van der Waals surface area contributed by atoms with Crippen molar-refractivity contribution < 1.29 is 14.3 Å². The normalized spacial score (nSPS) is 10.7. The Hall–Kier alpha value is -3.71. The van der Waals surface area contributed by atoms with E-state index in [2.05, 4.69) is 0 Å². The maximum atomic E-state index is 12.7. The van der Waals surface area contributed by atoms with Gasteiger partial charge in [0.05, 0.1) is 10.6 Å². The van der Waals surface area contributed by atoms with Crippen LogP contribution in [0.15, 0.2) is 78.3 Å². The van der Waals surface area contributed by atoms with Gasteiger partial charge in [0.25, 0.3) is 5.91 Å². The molecule has 0 unspecified atom stereocenters. The second-order valence-electron chi connectivity index (χ2n) is 7.38. The van der Waals surface area contributed by atoms with Gasteiger partial charge >= 0.3 is 0 Å². The molecule has 0 fully saturated rings. The molecule has 0 radical (unpaired) electrons. The Morgan fingerprint density at radius 1 is 1.06 bits per heavy atom. The molecule has 2 heterocycles. The molecule has 162 valence electrons. The van der Waals surface area contributed by atoms with E-state index in [-0.39, 0.29) is 18.3 Å². The summed E-state index contributed by atoms with van der Waals surface area (Å²) in [6.45, 7) is 1.79. The number of aromatic nitrogens is 2. The zero-order valence-electron chi connectivity index (χ0n) is 17.9. The van der Waals surface area contributed by atoms with Gasteiger partial charge in [0.15, 0.2) is 12.4 Å². The summed E-state index contributed by atoms with van der Waals surface area (Å²) in [4.78, 5) is 26.9. The second kappa shape index (κ2) is 9.62. The summed E-state index contributed by atoms with van der Waals surface area (Å²) in [7, 11) is 1.75. The number of hydrogen-bond acceptors (Lipinski definition) is 5. The highest BCUT2D eigenvalue weighted by molar-refractivity contribution is 7.13. The minimum Gasteiger partial charge on any atom is -0.484 e. The number of amides is 1. The first-order chi connectivity index (χ1) is 15.5. The van der Waals surface area contributed by atoms with Crippen LogP contribution in [0, 0.1) is 0 Å². The molecule has 32 heavy (non-hydrogen) atoms. The number of benzene rings is 2. The van der Waals surface area contributed by atoms with Crippen molar-refractivity contribution in [3.8, 4) is 22.0 Å². The maximum absolute atomic E-state index is 12.7. The van der Waals surface area contributed by atoms with E-state index >= 15 is 0 Å². The molecule has 0 spiro atoms. The average Bonchev–Trinajstić information content (AvgIpc) is 3.48. The maximum Gasteiger partial charge on any atom is 0.260 e. The van der Waals surface area contributed by atoms with Crippen molar-refractivity contribution in [2.75, 3.05) is 13.7 Å². The fraction of sp³-hybridized carbons (Fsp3) is 0.160. The van der Waals surface area contributed by atoms with E-state index in [1.165, 1.54) is 6.92 Å². The van der Waals surface area contributed by atoms with Gasteiger partial charge in [0.2, 0.25) is 0 Å². The van der Waals surface area contributed by atoms with E-state index < -0.39 is 0 Å². The van der Waals surface area contributed by atoms with Crippen molar-refractivity contribution in [1.29, 1.82) is 0 Å². The zero-order valence-corrected chi connectivity index (χ0v) is 18.7. The van der Waals surface area contributed by atoms with Crippen LogP contribution in [0.4, 0.5) is 0 Å². The van der Waals surface area contributed by atoms with E-state index in [1.54, 1.807) is 47.5 Å². The van der Waals surface area contributed by atoms with E-state index in [9.17, 15) is 9.59 Å². The number of nitrogens with zero attached hydrogens (tertiary/aromatic N) is 3. The Balaban J connectivity index is 1.49. The van der Waals surface area contributed by atoms with Crippen molar-refractivity contribution in [2.45, 2.75) is 13.5 Å². The van der Waals surface area contributed by atoms with Crippen molar-refractivity contribution in [2.24, 2.45) is 0 Å². The lowest BCUT2D eigenvalue weighted by Crippen LogP contribution is -2.31. The Labute approximate surface area is 190 Å². The number of thiophene rings is 1.